The Morgan fingerprint density at radius 1 is 0.810 bits per heavy atom. The van der Waals surface area contributed by atoms with Gasteiger partial charge in [0.15, 0.2) is 21.4 Å². The molecule has 4 rings (SSSR count). The predicted molar refractivity (Wildman–Crippen MR) is 162 cm³/mol. The van der Waals surface area contributed by atoms with E-state index in [0.717, 1.165) is 11.1 Å². The fourth-order valence-corrected chi connectivity index (χ4v) is 6.13. The average Bonchev–Trinajstić information content (AvgIpc) is 3.38. The quantitative estimate of drug-likeness (QED) is 0.242. The average molecular weight is 589 g/mol. The van der Waals surface area contributed by atoms with Crippen molar-refractivity contribution in [3.63, 3.8) is 0 Å². The summed E-state index contributed by atoms with van der Waals surface area (Å²) in [5.74, 6) is -1.53. The maximum Gasteiger partial charge on any atom is 0.319 e. The first-order valence-electron chi connectivity index (χ1n) is 13.6. The Balaban J connectivity index is 1.59. The first-order valence-corrected chi connectivity index (χ1v) is 15.2. The normalized spacial score (nSPS) is 11.6. The molecule has 0 aliphatic heterocycles. The van der Waals surface area contributed by atoms with Gasteiger partial charge < -0.3 is 14.4 Å². The Morgan fingerprint density at radius 2 is 1.48 bits per heavy atom. The van der Waals surface area contributed by atoms with Crippen LogP contribution >= 0.6 is 0 Å². The summed E-state index contributed by atoms with van der Waals surface area (Å²) in [7, 11) is -0.553. The van der Waals surface area contributed by atoms with E-state index in [1.54, 1.807) is 32.3 Å². The molecule has 220 valence electrons. The van der Waals surface area contributed by atoms with Crippen LogP contribution in [0.3, 0.4) is 0 Å². The molecule has 0 aliphatic carbocycles. The van der Waals surface area contributed by atoms with Crippen LogP contribution in [0.15, 0.2) is 82.1 Å². The summed E-state index contributed by atoms with van der Waals surface area (Å²) in [6.45, 7) is 8.12. The number of amides is 1. The van der Waals surface area contributed by atoms with Crippen LogP contribution in [-0.4, -0.2) is 55.0 Å². The van der Waals surface area contributed by atoms with Gasteiger partial charge in [0, 0.05) is 27.2 Å². The first kappa shape index (κ1) is 30.7. The van der Waals surface area contributed by atoms with Gasteiger partial charge in [-0.25, -0.2) is 8.42 Å². The van der Waals surface area contributed by atoms with Crippen molar-refractivity contribution in [1.29, 1.82) is 0 Å². The van der Waals surface area contributed by atoms with E-state index >= 15 is 0 Å². The number of aliphatic carboxylic acids is 1. The molecule has 0 spiro atoms. The molecule has 0 unspecified atom stereocenters. The molecule has 1 amide bonds. The SMILES string of the molecule is Cc1cc(C)c(CN(Cc2ccc(-c3cccc(S(=O)(=O)CC(=O)O)c3)cc2)Cc2ccc(C(=O)N(C)C)o2)c(C)c1. The van der Waals surface area contributed by atoms with Crippen LogP contribution in [0.1, 0.15) is 44.1 Å². The van der Waals surface area contributed by atoms with Crippen molar-refractivity contribution in [2.75, 3.05) is 19.8 Å². The summed E-state index contributed by atoms with van der Waals surface area (Å²) in [5, 5.41) is 8.97. The summed E-state index contributed by atoms with van der Waals surface area (Å²) >= 11 is 0. The number of carboxylic acid groups (broad SMARTS) is 1. The number of hydrogen-bond acceptors (Lipinski definition) is 6. The van der Waals surface area contributed by atoms with E-state index in [-0.39, 0.29) is 10.8 Å². The molecular weight excluding hydrogens is 552 g/mol. The maximum absolute atomic E-state index is 12.4. The fraction of sp³-hybridized carbons (Fsp3) is 0.273. The Bertz CT molecular complexity index is 1680. The Labute approximate surface area is 247 Å². The van der Waals surface area contributed by atoms with Crippen LogP contribution < -0.4 is 0 Å². The topological polar surface area (TPSA) is 108 Å². The predicted octanol–water partition coefficient (Wildman–Crippen LogP) is 5.63. The number of benzene rings is 3. The first-order chi connectivity index (χ1) is 19.8. The largest absolute Gasteiger partial charge is 0.480 e. The molecule has 8 nitrogen and oxygen atoms in total. The third-order valence-electron chi connectivity index (χ3n) is 7.08. The van der Waals surface area contributed by atoms with Crippen LogP contribution in [0.5, 0.6) is 0 Å². The van der Waals surface area contributed by atoms with Crippen LogP contribution in [0.2, 0.25) is 0 Å². The lowest BCUT2D eigenvalue weighted by Crippen LogP contribution is -2.23. The second kappa shape index (κ2) is 12.8. The standard InChI is InChI=1S/C33H36N2O6S/c1-22-15-23(2)30(24(3)16-22)20-35(19-28-13-14-31(41-28)33(38)34(4)5)18-25-9-11-26(12-10-25)27-7-6-8-29(17-27)42(39,40)21-32(36)37/h6-17H,18-21H2,1-5H3,(H,36,37). The molecule has 3 aromatic carbocycles. The van der Waals surface area contributed by atoms with Crippen LogP contribution in [0.25, 0.3) is 11.1 Å². The minimum atomic E-state index is -3.93. The molecule has 4 aromatic rings. The van der Waals surface area contributed by atoms with Gasteiger partial charge >= 0.3 is 5.97 Å². The number of sulfone groups is 1. The number of nitrogens with zero attached hydrogens (tertiary/aromatic N) is 2. The van der Waals surface area contributed by atoms with Gasteiger partial charge in [-0.15, -0.1) is 0 Å². The summed E-state index contributed by atoms with van der Waals surface area (Å²) in [6, 6.07) is 22.1. The van der Waals surface area contributed by atoms with Crippen LogP contribution in [-0.2, 0) is 34.3 Å². The highest BCUT2D eigenvalue weighted by Crippen LogP contribution is 2.26. The van der Waals surface area contributed by atoms with Gasteiger partial charge in [-0.1, -0.05) is 54.1 Å². The van der Waals surface area contributed by atoms with E-state index < -0.39 is 21.6 Å². The van der Waals surface area contributed by atoms with E-state index in [9.17, 15) is 18.0 Å². The van der Waals surface area contributed by atoms with Gasteiger partial charge in [0.2, 0.25) is 0 Å². The number of furan rings is 1. The molecule has 0 radical (unpaired) electrons. The molecule has 9 heteroatoms. The third-order valence-corrected chi connectivity index (χ3v) is 8.68. The molecule has 0 saturated carbocycles. The van der Waals surface area contributed by atoms with E-state index in [0.29, 0.717) is 36.7 Å². The Morgan fingerprint density at radius 3 is 2.10 bits per heavy atom. The molecule has 1 heterocycles. The molecule has 42 heavy (non-hydrogen) atoms. The molecule has 0 fully saturated rings. The van der Waals surface area contributed by atoms with Gasteiger partial charge in [-0.3, -0.25) is 14.5 Å². The monoisotopic (exact) mass is 588 g/mol. The highest BCUT2D eigenvalue weighted by Gasteiger charge is 2.20. The van der Waals surface area contributed by atoms with Gasteiger partial charge in [-0.2, -0.15) is 0 Å². The number of carboxylic acids is 1. The van der Waals surface area contributed by atoms with Gasteiger partial charge in [0.25, 0.3) is 5.91 Å². The van der Waals surface area contributed by atoms with Crippen molar-refractivity contribution in [3.8, 4) is 11.1 Å². The Hall–Kier alpha value is -4.21. The Kier molecular flexibility index (Phi) is 9.33. The summed E-state index contributed by atoms with van der Waals surface area (Å²) in [6.07, 6.45) is 0. The highest BCUT2D eigenvalue weighted by atomic mass is 32.2. The van der Waals surface area contributed by atoms with Crippen molar-refractivity contribution in [2.45, 2.75) is 45.3 Å². The van der Waals surface area contributed by atoms with Crippen molar-refractivity contribution in [3.05, 3.63) is 112 Å². The maximum atomic E-state index is 12.4. The zero-order chi connectivity index (χ0) is 30.6. The van der Waals surface area contributed by atoms with Gasteiger partial charge in [0.1, 0.15) is 5.76 Å². The van der Waals surface area contributed by atoms with E-state index in [2.05, 4.69) is 37.8 Å². The van der Waals surface area contributed by atoms with Crippen molar-refractivity contribution >= 4 is 21.7 Å². The second-order valence-corrected chi connectivity index (χ2v) is 12.9. The van der Waals surface area contributed by atoms with Gasteiger partial charge in [0.05, 0.1) is 11.4 Å². The minimum Gasteiger partial charge on any atom is -0.480 e. The second-order valence-electron chi connectivity index (χ2n) is 10.9. The summed E-state index contributed by atoms with van der Waals surface area (Å²) in [4.78, 5) is 27.1. The number of rotatable bonds is 11. The fourth-order valence-electron chi connectivity index (χ4n) is 5.05. The number of carbonyl (C=O) groups is 2. The lowest BCUT2D eigenvalue weighted by Gasteiger charge is -2.24. The molecule has 0 atom stereocenters. The van der Waals surface area contributed by atoms with Crippen LogP contribution in [0, 0.1) is 20.8 Å². The van der Waals surface area contributed by atoms with E-state index in [1.165, 1.54) is 39.3 Å². The van der Waals surface area contributed by atoms with Crippen molar-refractivity contribution in [2.24, 2.45) is 0 Å². The van der Waals surface area contributed by atoms with Crippen LogP contribution in [0.4, 0.5) is 0 Å². The zero-order valence-electron chi connectivity index (χ0n) is 24.5. The lowest BCUT2D eigenvalue weighted by atomic mass is 9.99. The van der Waals surface area contributed by atoms with E-state index in [1.807, 2.05) is 30.3 Å². The molecule has 1 N–H and O–H groups in total. The smallest absolute Gasteiger partial charge is 0.319 e. The van der Waals surface area contributed by atoms with Crippen molar-refractivity contribution < 1.29 is 27.5 Å². The lowest BCUT2D eigenvalue weighted by molar-refractivity contribution is -0.134. The zero-order valence-corrected chi connectivity index (χ0v) is 25.4. The summed E-state index contributed by atoms with van der Waals surface area (Å²) < 4.78 is 30.8. The highest BCUT2D eigenvalue weighted by molar-refractivity contribution is 7.92. The number of aryl methyl sites for hydroxylation is 3. The third kappa shape index (κ3) is 7.54. The van der Waals surface area contributed by atoms with Crippen molar-refractivity contribution in [1.82, 2.24) is 9.80 Å². The number of carbonyl (C=O) groups excluding carboxylic acids is 1. The number of hydrogen-bond donors (Lipinski definition) is 1. The molecule has 1 aromatic heterocycles. The molecule has 0 aliphatic rings. The molecular formula is C33H36N2O6S. The summed E-state index contributed by atoms with van der Waals surface area (Å²) in [5.41, 5.74) is 7.44. The molecule has 0 bridgehead atoms. The van der Waals surface area contributed by atoms with Gasteiger partial charge in [-0.05, 0) is 78.4 Å². The molecule has 0 saturated heterocycles. The van der Waals surface area contributed by atoms with E-state index in [4.69, 9.17) is 9.52 Å². The minimum absolute atomic E-state index is 0.0212.